The number of hydrogen-bond acceptors (Lipinski definition) is 6. The van der Waals surface area contributed by atoms with E-state index >= 15 is 0 Å². The van der Waals surface area contributed by atoms with Crippen molar-refractivity contribution in [1.82, 2.24) is 19.5 Å². The molecule has 4 rings (SSSR count). The van der Waals surface area contributed by atoms with Gasteiger partial charge in [0.05, 0.1) is 12.6 Å². The van der Waals surface area contributed by atoms with E-state index in [2.05, 4.69) is 27.0 Å². The maximum Gasteiger partial charge on any atom is 0.269 e. The second-order valence-electron chi connectivity index (χ2n) is 8.20. The number of primary amides is 1. The van der Waals surface area contributed by atoms with Crippen LogP contribution in [-0.2, 0) is 0 Å². The van der Waals surface area contributed by atoms with E-state index in [0.29, 0.717) is 40.0 Å². The number of carbonyl (C=O) groups is 2. The number of nitrogens with one attached hydrogen (secondary N) is 1. The third-order valence-corrected chi connectivity index (χ3v) is 6.16. The van der Waals surface area contributed by atoms with Crippen LogP contribution in [0, 0.1) is 11.8 Å². The van der Waals surface area contributed by atoms with Gasteiger partial charge in [-0.2, -0.15) is 0 Å². The third kappa shape index (κ3) is 5.29. The van der Waals surface area contributed by atoms with Gasteiger partial charge in [-0.1, -0.05) is 36.1 Å². The first-order valence-electron chi connectivity index (χ1n) is 11.2. The van der Waals surface area contributed by atoms with Crippen molar-refractivity contribution in [2.24, 2.45) is 5.73 Å². The number of aromatic nitrogens is 3. The number of amides is 2. The molecule has 3 aromatic rings. The lowest BCUT2D eigenvalue weighted by Crippen LogP contribution is -2.37. The molecule has 0 unspecified atom stereocenters. The first-order valence-corrected chi connectivity index (χ1v) is 11.6. The zero-order chi connectivity index (χ0) is 24.9. The molecule has 9 nitrogen and oxygen atoms in total. The van der Waals surface area contributed by atoms with Crippen molar-refractivity contribution in [2.45, 2.75) is 32.2 Å². The molecule has 0 aliphatic carbocycles. The Morgan fingerprint density at radius 3 is 2.69 bits per heavy atom. The van der Waals surface area contributed by atoms with Crippen molar-refractivity contribution < 1.29 is 9.59 Å². The summed E-state index contributed by atoms with van der Waals surface area (Å²) in [5.74, 6) is 12.3. The minimum Gasteiger partial charge on any atom is -0.364 e. The van der Waals surface area contributed by atoms with Crippen LogP contribution in [0.1, 0.15) is 58.9 Å². The summed E-state index contributed by atoms with van der Waals surface area (Å²) in [5, 5.41) is 3.17. The maximum atomic E-state index is 12.6. The molecule has 35 heavy (non-hydrogen) atoms. The van der Waals surface area contributed by atoms with Crippen molar-refractivity contribution in [1.29, 1.82) is 0 Å². The fourth-order valence-corrected chi connectivity index (χ4v) is 4.38. The molecule has 180 valence electrons. The molecule has 1 fully saturated rings. The number of nitrogen functional groups attached to an aromatic ring is 1. The predicted octanol–water partition coefficient (Wildman–Crippen LogP) is 3.21. The molecule has 0 radical (unpaired) electrons. The Kier molecular flexibility index (Phi) is 7.34. The molecule has 1 aromatic carbocycles. The smallest absolute Gasteiger partial charge is 0.269 e. The van der Waals surface area contributed by atoms with Crippen molar-refractivity contribution in [3.8, 4) is 23.1 Å². The highest BCUT2D eigenvalue weighted by Crippen LogP contribution is 2.33. The minimum atomic E-state index is -0.675. The standard InChI is InChI=1S/C25H26ClN7O2/c1-2-3-13-32-14-5-4-6-19(32)24-31-21(22(23(27)34)33(24)28)16-7-9-17(10-8-16)25(35)30-20-15-18(26)11-12-29-20/h7-12,15,19H,4-6,13-14,28H2,1H3,(H2,27,34)(H,29,30,35)/t19-/m0/s1. The third-order valence-electron chi connectivity index (χ3n) is 5.93. The predicted molar refractivity (Wildman–Crippen MR) is 135 cm³/mol. The largest absolute Gasteiger partial charge is 0.364 e. The van der Waals surface area contributed by atoms with Gasteiger partial charge in [0.15, 0.2) is 5.69 Å². The highest BCUT2D eigenvalue weighted by Gasteiger charge is 2.31. The van der Waals surface area contributed by atoms with Gasteiger partial charge in [0, 0.05) is 22.3 Å². The molecule has 1 aliphatic heterocycles. The first kappa shape index (κ1) is 24.3. The SMILES string of the molecule is CC#CCN1CCCC[C@H]1c1nc(-c2ccc(C(=O)Nc3cc(Cl)ccn3)cc2)c(C(N)=O)n1N. The van der Waals surface area contributed by atoms with Gasteiger partial charge in [0.25, 0.3) is 11.8 Å². The van der Waals surface area contributed by atoms with Crippen molar-refractivity contribution in [2.75, 3.05) is 24.2 Å². The highest BCUT2D eigenvalue weighted by molar-refractivity contribution is 6.30. The second kappa shape index (κ2) is 10.6. The number of piperidine rings is 1. The number of rotatable bonds is 6. The Labute approximate surface area is 208 Å². The van der Waals surface area contributed by atoms with Crippen LogP contribution in [0.25, 0.3) is 11.3 Å². The molecule has 2 aromatic heterocycles. The zero-order valence-corrected chi connectivity index (χ0v) is 20.0. The quantitative estimate of drug-likeness (QED) is 0.358. The van der Waals surface area contributed by atoms with Crippen LogP contribution >= 0.6 is 11.6 Å². The van der Waals surface area contributed by atoms with Crippen molar-refractivity contribution >= 4 is 29.2 Å². The van der Waals surface area contributed by atoms with Crippen molar-refractivity contribution in [3.63, 3.8) is 0 Å². The molecule has 1 saturated heterocycles. The van der Waals surface area contributed by atoms with Gasteiger partial charge < -0.3 is 16.9 Å². The van der Waals surface area contributed by atoms with Gasteiger partial charge >= 0.3 is 0 Å². The summed E-state index contributed by atoms with van der Waals surface area (Å²) in [6.07, 6.45) is 4.46. The number of imidazole rings is 1. The molecule has 1 atom stereocenters. The van der Waals surface area contributed by atoms with Crippen LogP contribution in [0.15, 0.2) is 42.6 Å². The van der Waals surface area contributed by atoms with Crippen LogP contribution in [0.4, 0.5) is 5.82 Å². The van der Waals surface area contributed by atoms with E-state index in [9.17, 15) is 9.59 Å². The molecule has 0 bridgehead atoms. The number of pyridine rings is 1. The summed E-state index contributed by atoms with van der Waals surface area (Å²) >= 11 is 5.95. The summed E-state index contributed by atoms with van der Waals surface area (Å²) in [5.41, 5.74) is 7.21. The van der Waals surface area contributed by atoms with E-state index in [1.54, 1.807) is 36.4 Å². The van der Waals surface area contributed by atoms with Gasteiger partial charge in [0.2, 0.25) is 0 Å². The second-order valence-corrected chi connectivity index (χ2v) is 8.64. The molecule has 0 saturated carbocycles. The number of halogens is 1. The average Bonchev–Trinajstić information content (AvgIpc) is 3.20. The van der Waals surface area contributed by atoms with Gasteiger partial charge in [-0.25, -0.2) is 14.6 Å². The summed E-state index contributed by atoms with van der Waals surface area (Å²) in [6, 6.07) is 9.80. The topological polar surface area (TPSA) is 132 Å². The number of likely N-dealkylation sites (tertiary alicyclic amines) is 1. The van der Waals surface area contributed by atoms with Crippen LogP contribution in [0.3, 0.4) is 0 Å². The fourth-order valence-electron chi connectivity index (χ4n) is 4.22. The Balaban J connectivity index is 1.63. The summed E-state index contributed by atoms with van der Waals surface area (Å²) in [4.78, 5) is 36.0. The van der Waals surface area contributed by atoms with Crippen molar-refractivity contribution in [3.05, 3.63) is 64.7 Å². The van der Waals surface area contributed by atoms with E-state index < -0.39 is 5.91 Å². The molecule has 10 heteroatoms. The fraction of sp³-hybridized carbons (Fsp3) is 0.280. The number of hydrogen-bond donors (Lipinski definition) is 3. The lowest BCUT2D eigenvalue weighted by atomic mass is 10.0. The monoisotopic (exact) mass is 491 g/mol. The number of nitrogens with two attached hydrogens (primary N) is 2. The van der Waals surface area contributed by atoms with E-state index in [1.807, 2.05) is 6.92 Å². The van der Waals surface area contributed by atoms with E-state index in [-0.39, 0.29) is 17.6 Å². The Hall–Kier alpha value is -3.87. The van der Waals surface area contributed by atoms with Crippen LogP contribution in [-0.4, -0.2) is 44.4 Å². The first-order chi connectivity index (χ1) is 16.9. The lowest BCUT2D eigenvalue weighted by Gasteiger charge is -2.33. The van der Waals surface area contributed by atoms with Crippen LogP contribution in [0.5, 0.6) is 0 Å². The summed E-state index contributed by atoms with van der Waals surface area (Å²) in [7, 11) is 0. The van der Waals surface area contributed by atoms with E-state index in [0.717, 1.165) is 25.8 Å². The average molecular weight is 492 g/mol. The van der Waals surface area contributed by atoms with Crippen LogP contribution < -0.4 is 16.9 Å². The molecular formula is C25H26ClN7O2. The number of nitrogens with zero attached hydrogens (tertiary/aromatic N) is 4. The maximum absolute atomic E-state index is 12.6. The molecule has 1 aliphatic rings. The number of carbonyl (C=O) groups excluding carboxylic acids is 2. The Morgan fingerprint density at radius 1 is 1.23 bits per heavy atom. The molecule has 2 amide bonds. The minimum absolute atomic E-state index is 0.0725. The van der Waals surface area contributed by atoms with Gasteiger partial charge in [-0.3, -0.25) is 14.5 Å². The van der Waals surface area contributed by atoms with Gasteiger partial charge in [-0.05, 0) is 50.6 Å². The zero-order valence-electron chi connectivity index (χ0n) is 19.3. The Morgan fingerprint density at radius 2 is 2.00 bits per heavy atom. The molecular weight excluding hydrogens is 466 g/mol. The highest BCUT2D eigenvalue weighted by atomic mass is 35.5. The molecule has 3 heterocycles. The molecule has 0 spiro atoms. The Bertz CT molecular complexity index is 1310. The normalized spacial score (nSPS) is 15.8. The van der Waals surface area contributed by atoms with Gasteiger partial charge in [0.1, 0.15) is 17.3 Å². The van der Waals surface area contributed by atoms with E-state index in [1.165, 1.54) is 10.9 Å². The van der Waals surface area contributed by atoms with Crippen LogP contribution in [0.2, 0.25) is 5.02 Å². The van der Waals surface area contributed by atoms with Gasteiger partial charge in [-0.15, -0.1) is 5.92 Å². The van der Waals surface area contributed by atoms with E-state index in [4.69, 9.17) is 28.2 Å². The number of anilines is 1. The summed E-state index contributed by atoms with van der Waals surface area (Å²) < 4.78 is 1.30. The number of benzene rings is 1. The summed E-state index contributed by atoms with van der Waals surface area (Å²) in [6.45, 7) is 3.28. The lowest BCUT2D eigenvalue weighted by molar-refractivity contribution is 0.0990. The molecule has 5 N–H and O–H groups in total.